The molecule has 5 nitrogen and oxygen atoms in total. The van der Waals surface area contributed by atoms with Gasteiger partial charge < -0.3 is 5.32 Å². The number of hydrogen-bond acceptors (Lipinski definition) is 4. The zero-order valence-corrected chi connectivity index (χ0v) is 15.1. The van der Waals surface area contributed by atoms with Gasteiger partial charge in [0.25, 0.3) is 5.91 Å². The Morgan fingerprint density at radius 1 is 1.23 bits per heavy atom. The van der Waals surface area contributed by atoms with Crippen molar-refractivity contribution in [3.63, 3.8) is 0 Å². The molecule has 0 saturated carbocycles. The van der Waals surface area contributed by atoms with Crippen molar-refractivity contribution < 1.29 is 13.2 Å². The molecular weight excluding hydrogens is 320 g/mol. The summed E-state index contributed by atoms with van der Waals surface area (Å²) in [7, 11) is -2.21. The van der Waals surface area contributed by atoms with Crippen LogP contribution in [0.1, 0.15) is 26.3 Å². The van der Waals surface area contributed by atoms with Crippen LogP contribution in [0.3, 0.4) is 0 Å². The Bertz CT molecular complexity index is 683. The van der Waals surface area contributed by atoms with Crippen molar-refractivity contribution in [3.8, 4) is 0 Å². The minimum atomic E-state index is -3.74. The SMILES string of the molecule is CNC(=O)C1(C)SC(C)(C)CN1S(=O)(=O)c1ccc(C)cc1. The predicted molar refractivity (Wildman–Crippen MR) is 89.2 cm³/mol. The molecule has 0 aliphatic carbocycles. The van der Waals surface area contributed by atoms with Gasteiger partial charge in [-0.25, -0.2) is 8.42 Å². The maximum Gasteiger partial charge on any atom is 0.251 e. The van der Waals surface area contributed by atoms with Crippen LogP contribution in [0.5, 0.6) is 0 Å². The monoisotopic (exact) mass is 342 g/mol. The van der Waals surface area contributed by atoms with E-state index in [9.17, 15) is 13.2 Å². The number of thioether (sulfide) groups is 1. The van der Waals surface area contributed by atoms with Gasteiger partial charge in [0, 0.05) is 18.3 Å². The normalized spacial score (nSPS) is 25.1. The molecule has 0 aromatic heterocycles. The average molecular weight is 342 g/mol. The molecule has 1 aromatic carbocycles. The second-order valence-corrected chi connectivity index (χ2v) is 10.2. The number of nitrogens with one attached hydrogen (secondary N) is 1. The Morgan fingerprint density at radius 3 is 2.27 bits per heavy atom. The number of nitrogens with zero attached hydrogens (tertiary/aromatic N) is 1. The molecule has 0 bridgehead atoms. The van der Waals surface area contributed by atoms with E-state index in [4.69, 9.17) is 0 Å². The molecule has 122 valence electrons. The molecule has 1 fully saturated rings. The minimum Gasteiger partial charge on any atom is -0.357 e. The first-order valence-corrected chi connectivity index (χ1v) is 9.30. The van der Waals surface area contributed by atoms with Crippen LogP contribution in [-0.4, -0.2) is 41.8 Å². The van der Waals surface area contributed by atoms with Gasteiger partial charge in [0.15, 0.2) is 4.87 Å². The highest BCUT2D eigenvalue weighted by Gasteiger charge is 2.56. The molecule has 1 unspecified atom stereocenters. The van der Waals surface area contributed by atoms with Gasteiger partial charge in [0.1, 0.15) is 0 Å². The van der Waals surface area contributed by atoms with Crippen LogP contribution in [0, 0.1) is 6.92 Å². The number of rotatable bonds is 3. The number of hydrogen-bond donors (Lipinski definition) is 1. The van der Waals surface area contributed by atoms with Crippen molar-refractivity contribution in [1.29, 1.82) is 0 Å². The lowest BCUT2D eigenvalue weighted by Crippen LogP contribution is -2.53. The third kappa shape index (κ3) is 2.89. The number of aryl methyl sites for hydroxylation is 1. The molecule has 0 radical (unpaired) electrons. The van der Waals surface area contributed by atoms with E-state index in [2.05, 4.69) is 5.32 Å². The van der Waals surface area contributed by atoms with E-state index >= 15 is 0 Å². The summed E-state index contributed by atoms with van der Waals surface area (Å²) in [6.07, 6.45) is 0. The third-order valence-corrected chi connectivity index (χ3v) is 7.28. The molecule has 1 aliphatic rings. The minimum absolute atomic E-state index is 0.214. The fourth-order valence-corrected chi connectivity index (χ4v) is 6.55. The van der Waals surface area contributed by atoms with Crippen LogP contribution in [0.2, 0.25) is 0 Å². The Morgan fingerprint density at radius 2 is 1.77 bits per heavy atom. The molecule has 1 aliphatic heterocycles. The quantitative estimate of drug-likeness (QED) is 0.912. The maximum atomic E-state index is 13.0. The van der Waals surface area contributed by atoms with Gasteiger partial charge in [0.05, 0.1) is 4.90 Å². The molecule has 2 rings (SSSR count). The zero-order valence-electron chi connectivity index (χ0n) is 13.5. The number of sulfonamides is 1. The van der Waals surface area contributed by atoms with Gasteiger partial charge in [-0.05, 0) is 39.8 Å². The van der Waals surface area contributed by atoms with Crippen LogP contribution < -0.4 is 5.32 Å². The van der Waals surface area contributed by atoms with Gasteiger partial charge in [-0.2, -0.15) is 4.31 Å². The first-order chi connectivity index (χ1) is 10.0. The van der Waals surface area contributed by atoms with Gasteiger partial charge in [-0.3, -0.25) is 4.79 Å². The van der Waals surface area contributed by atoms with Crippen molar-refractivity contribution in [2.45, 2.75) is 42.2 Å². The number of carbonyl (C=O) groups is 1. The molecular formula is C15H22N2O3S2. The van der Waals surface area contributed by atoms with Crippen molar-refractivity contribution in [2.75, 3.05) is 13.6 Å². The molecule has 1 heterocycles. The van der Waals surface area contributed by atoms with Crippen LogP contribution in [0.15, 0.2) is 29.2 Å². The zero-order chi connectivity index (χ0) is 16.8. The molecule has 1 atom stereocenters. The summed E-state index contributed by atoms with van der Waals surface area (Å²) in [6, 6.07) is 6.70. The first kappa shape index (κ1) is 17.3. The summed E-state index contributed by atoms with van der Waals surface area (Å²) in [5, 5.41) is 2.58. The molecule has 22 heavy (non-hydrogen) atoms. The van der Waals surface area contributed by atoms with Gasteiger partial charge >= 0.3 is 0 Å². The lowest BCUT2D eigenvalue weighted by Gasteiger charge is -2.31. The number of likely N-dealkylation sites (N-methyl/N-ethyl adjacent to an activating group) is 1. The lowest BCUT2D eigenvalue weighted by atomic mass is 10.2. The highest BCUT2D eigenvalue weighted by atomic mass is 32.2. The van der Waals surface area contributed by atoms with Gasteiger partial charge in [-0.1, -0.05) is 17.7 Å². The van der Waals surface area contributed by atoms with E-state index in [0.29, 0.717) is 0 Å². The van der Waals surface area contributed by atoms with Gasteiger partial charge in [-0.15, -0.1) is 11.8 Å². The van der Waals surface area contributed by atoms with Crippen molar-refractivity contribution in [1.82, 2.24) is 9.62 Å². The van der Waals surface area contributed by atoms with Crippen LogP contribution in [-0.2, 0) is 14.8 Å². The van der Waals surface area contributed by atoms with Crippen molar-refractivity contribution in [3.05, 3.63) is 29.8 Å². The molecule has 0 spiro atoms. The molecule has 1 aromatic rings. The van der Waals surface area contributed by atoms with Crippen molar-refractivity contribution in [2.24, 2.45) is 0 Å². The fourth-order valence-electron chi connectivity index (χ4n) is 2.66. The fraction of sp³-hybridized carbons (Fsp3) is 0.533. The summed E-state index contributed by atoms with van der Waals surface area (Å²) < 4.78 is 27.0. The van der Waals surface area contributed by atoms with E-state index in [1.54, 1.807) is 31.2 Å². The van der Waals surface area contributed by atoms with E-state index in [-0.39, 0.29) is 22.1 Å². The standard InChI is InChI=1S/C15H22N2O3S2/c1-11-6-8-12(9-7-11)22(19,20)17-10-14(2,3)21-15(17,4)13(18)16-5/h6-9H,10H2,1-5H3,(H,16,18). The summed E-state index contributed by atoms with van der Waals surface area (Å²) in [5.74, 6) is -0.307. The average Bonchev–Trinajstić information content (AvgIpc) is 2.70. The van der Waals surface area contributed by atoms with Crippen molar-refractivity contribution >= 4 is 27.7 Å². The van der Waals surface area contributed by atoms with E-state index in [1.165, 1.54) is 23.1 Å². The Kier molecular flexibility index (Phi) is 4.36. The predicted octanol–water partition coefficient (Wildman–Crippen LogP) is 1.97. The van der Waals surface area contributed by atoms with E-state index in [1.807, 2.05) is 20.8 Å². The third-order valence-electron chi connectivity index (χ3n) is 3.73. The first-order valence-electron chi connectivity index (χ1n) is 7.05. The van der Waals surface area contributed by atoms with Crippen LogP contribution in [0.4, 0.5) is 0 Å². The Hall–Kier alpha value is -1.05. The Balaban J connectivity index is 2.52. The van der Waals surface area contributed by atoms with Gasteiger partial charge in [0.2, 0.25) is 10.0 Å². The summed E-state index contributed by atoms with van der Waals surface area (Å²) in [5.41, 5.74) is 0.990. The number of amides is 1. The number of carbonyl (C=O) groups excluding carboxylic acids is 1. The second-order valence-electron chi connectivity index (χ2n) is 6.25. The van der Waals surface area contributed by atoms with Crippen LogP contribution >= 0.6 is 11.8 Å². The summed E-state index contributed by atoms with van der Waals surface area (Å²) in [4.78, 5) is 11.4. The molecule has 1 saturated heterocycles. The van der Waals surface area contributed by atoms with Crippen LogP contribution in [0.25, 0.3) is 0 Å². The summed E-state index contributed by atoms with van der Waals surface area (Å²) in [6.45, 7) is 7.75. The van der Waals surface area contributed by atoms with E-state index in [0.717, 1.165) is 5.56 Å². The Labute approximate surface area is 136 Å². The van der Waals surface area contributed by atoms with E-state index < -0.39 is 14.9 Å². The second kappa shape index (κ2) is 5.54. The maximum absolute atomic E-state index is 13.0. The highest BCUT2D eigenvalue weighted by Crippen LogP contribution is 2.49. The highest BCUT2D eigenvalue weighted by molar-refractivity contribution is 8.04. The molecule has 7 heteroatoms. The topological polar surface area (TPSA) is 66.5 Å². The molecule has 1 amide bonds. The number of benzene rings is 1. The summed E-state index contributed by atoms with van der Waals surface area (Å²) >= 11 is 1.37. The smallest absolute Gasteiger partial charge is 0.251 e. The lowest BCUT2D eigenvalue weighted by molar-refractivity contribution is -0.124. The molecule has 1 N–H and O–H groups in total. The largest absolute Gasteiger partial charge is 0.357 e.